The Morgan fingerprint density at radius 1 is 1.64 bits per heavy atom. The first-order valence-electron chi connectivity index (χ1n) is 4.19. The molecule has 14 heavy (non-hydrogen) atoms. The van der Waals surface area contributed by atoms with Crippen molar-refractivity contribution in [3.63, 3.8) is 0 Å². The highest BCUT2D eigenvalue weighted by Crippen LogP contribution is 2.28. The predicted molar refractivity (Wildman–Crippen MR) is 59.2 cm³/mol. The lowest BCUT2D eigenvalue weighted by Crippen LogP contribution is -2.02. The first-order chi connectivity index (χ1) is 6.67. The number of benzene rings is 1. The van der Waals surface area contributed by atoms with Gasteiger partial charge in [0.25, 0.3) is 0 Å². The fourth-order valence-electron chi connectivity index (χ4n) is 0.962. The third-order valence-corrected chi connectivity index (χ3v) is 3.08. The Balaban J connectivity index is 2.92. The Hall–Kier alpha value is -0.510. The lowest BCUT2D eigenvalue weighted by atomic mass is 10.2. The van der Waals surface area contributed by atoms with Crippen LogP contribution in [0.3, 0.4) is 0 Å². The highest BCUT2D eigenvalue weighted by atomic mass is 35.5. The average Bonchev–Trinajstić information content (AvgIpc) is 2.18. The van der Waals surface area contributed by atoms with Crippen LogP contribution in [0, 0.1) is 0 Å². The van der Waals surface area contributed by atoms with Gasteiger partial charge in [0.1, 0.15) is 0 Å². The second-order valence-corrected chi connectivity index (χ2v) is 4.83. The first-order valence-corrected chi connectivity index (χ1v) is 5.45. The maximum absolute atomic E-state index is 10.7. The average molecular weight is 231 g/mol. The van der Waals surface area contributed by atoms with Crippen molar-refractivity contribution in [2.75, 3.05) is 6.61 Å². The molecule has 0 fully saturated rings. The molecule has 0 aliphatic heterocycles. The summed E-state index contributed by atoms with van der Waals surface area (Å²) in [6.07, 6.45) is 0.794. The zero-order chi connectivity index (χ0) is 10.6. The van der Waals surface area contributed by atoms with Gasteiger partial charge in [-0.1, -0.05) is 18.5 Å². The molecule has 0 radical (unpaired) electrons. The van der Waals surface area contributed by atoms with E-state index >= 15 is 0 Å². The van der Waals surface area contributed by atoms with Crippen molar-refractivity contribution in [1.82, 2.24) is 0 Å². The van der Waals surface area contributed by atoms with Gasteiger partial charge in [-0.2, -0.15) is 0 Å². The third-order valence-electron chi connectivity index (χ3n) is 1.69. The molecular formula is C10H11ClO2S. The standard InChI is InChI=1S/C10H11ClO2S/c1-7(5-12)14-10-4-9(11)3-2-8(10)6-13/h2-4,6-7,12H,5H2,1H3. The van der Waals surface area contributed by atoms with E-state index in [1.807, 2.05) is 6.92 Å². The topological polar surface area (TPSA) is 37.3 Å². The van der Waals surface area contributed by atoms with Crippen LogP contribution < -0.4 is 0 Å². The van der Waals surface area contributed by atoms with Crippen LogP contribution in [0.25, 0.3) is 0 Å². The van der Waals surface area contributed by atoms with Crippen LogP contribution in [0.2, 0.25) is 5.02 Å². The van der Waals surface area contributed by atoms with E-state index in [0.717, 1.165) is 11.2 Å². The van der Waals surface area contributed by atoms with Crippen molar-refractivity contribution in [1.29, 1.82) is 0 Å². The molecule has 0 aliphatic carbocycles. The normalized spacial score (nSPS) is 12.5. The molecule has 0 spiro atoms. The SMILES string of the molecule is CC(CO)Sc1cc(Cl)ccc1C=O. The quantitative estimate of drug-likeness (QED) is 0.638. The van der Waals surface area contributed by atoms with Crippen molar-refractivity contribution < 1.29 is 9.90 Å². The molecule has 4 heteroatoms. The summed E-state index contributed by atoms with van der Waals surface area (Å²) in [6, 6.07) is 5.10. The second kappa shape index (κ2) is 5.39. The van der Waals surface area contributed by atoms with Gasteiger partial charge in [-0.3, -0.25) is 4.79 Å². The number of rotatable bonds is 4. The molecule has 1 unspecified atom stereocenters. The maximum atomic E-state index is 10.7. The number of halogens is 1. The maximum Gasteiger partial charge on any atom is 0.151 e. The van der Waals surface area contributed by atoms with Crippen molar-refractivity contribution in [2.45, 2.75) is 17.1 Å². The van der Waals surface area contributed by atoms with E-state index in [4.69, 9.17) is 16.7 Å². The minimum atomic E-state index is 0.0622. The molecule has 1 N–H and O–H groups in total. The summed E-state index contributed by atoms with van der Waals surface area (Å²) in [5.41, 5.74) is 0.611. The predicted octanol–water partition coefficient (Wildman–Crippen LogP) is 2.63. The molecule has 0 saturated carbocycles. The summed E-state index contributed by atoms with van der Waals surface area (Å²) in [5, 5.41) is 9.55. The van der Waals surface area contributed by atoms with Gasteiger partial charge in [-0.15, -0.1) is 11.8 Å². The summed E-state index contributed by atoms with van der Waals surface area (Å²) >= 11 is 7.25. The molecule has 0 saturated heterocycles. The van der Waals surface area contributed by atoms with Gasteiger partial charge in [0.05, 0.1) is 6.61 Å². The largest absolute Gasteiger partial charge is 0.395 e. The summed E-state index contributed by atoms with van der Waals surface area (Å²) in [7, 11) is 0. The summed E-state index contributed by atoms with van der Waals surface area (Å²) in [4.78, 5) is 11.5. The van der Waals surface area contributed by atoms with E-state index in [-0.39, 0.29) is 11.9 Å². The Morgan fingerprint density at radius 2 is 2.36 bits per heavy atom. The molecule has 0 aromatic heterocycles. The smallest absolute Gasteiger partial charge is 0.151 e. The van der Waals surface area contributed by atoms with E-state index in [2.05, 4.69) is 0 Å². The molecule has 1 aromatic carbocycles. The number of carbonyl (C=O) groups is 1. The molecule has 0 aliphatic rings. The van der Waals surface area contributed by atoms with Crippen LogP contribution in [-0.4, -0.2) is 23.2 Å². The van der Waals surface area contributed by atoms with E-state index in [0.29, 0.717) is 10.6 Å². The van der Waals surface area contributed by atoms with Crippen molar-refractivity contribution in [3.8, 4) is 0 Å². The minimum absolute atomic E-state index is 0.0622. The lowest BCUT2D eigenvalue weighted by molar-refractivity contribution is 0.112. The number of thioether (sulfide) groups is 1. The third kappa shape index (κ3) is 3.01. The number of aliphatic hydroxyl groups excluding tert-OH is 1. The second-order valence-electron chi connectivity index (χ2n) is 2.91. The zero-order valence-electron chi connectivity index (χ0n) is 7.74. The Labute approximate surface area is 92.3 Å². The first kappa shape index (κ1) is 11.6. The molecule has 1 rings (SSSR count). The minimum Gasteiger partial charge on any atom is -0.395 e. The molecular weight excluding hydrogens is 220 g/mol. The number of aliphatic hydroxyl groups is 1. The highest BCUT2D eigenvalue weighted by molar-refractivity contribution is 8.00. The van der Waals surface area contributed by atoms with Gasteiger partial charge in [-0.25, -0.2) is 0 Å². The van der Waals surface area contributed by atoms with Crippen LogP contribution in [0.5, 0.6) is 0 Å². The van der Waals surface area contributed by atoms with Crippen LogP contribution >= 0.6 is 23.4 Å². The Morgan fingerprint density at radius 3 is 2.93 bits per heavy atom. The van der Waals surface area contributed by atoms with Gasteiger partial charge >= 0.3 is 0 Å². The Bertz CT molecular complexity index is 328. The monoisotopic (exact) mass is 230 g/mol. The summed E-state index contributed by atoms with van der Waals surface area (Å²) in [5.74, 6) is 0. The van der Waals surface area contributed by atoms with Crippen molar-refractivity contribution in [2.24, 2.45) is 0 Å². The molecule has 0 bridgehead atoms. The van der Waals surface area contributed by atoms with Gasteiger partial charge in [0.15, 0.2) is 6.29 Å². The van der Waals surface area contributed by atoms with Gasteiger partial charge in [0.2, 0.25) is 0 Å². The number of aldehydes is 1. The zero-order valence-corrected chi connectivity index (χ0v) is 9.31. The van der Waals surface area contributed by atoms with Crippen LogP contribution in [0.15, 0.2) is 23.1 Å². The van der Waals surface area contributed by atoms with E-state index in [9.17, 15) is 4.79 Å². The number of hydrogen-bond acceptors (Lipinski definition) is 3. The van der Waals surface area contributed by atoms with Gasteiger partial charge in [0, 0.05) is 20.7 Å². The summed E-state index contributed by atoms with van der Waals surface area (Å²) < 4.78 is 0. The molecule has 1 aromatic rings. The van der Waals surface area contributed by atoms with Crippen molar-refractivity contribution >= 4 is 29.6 Å². The van der Waals surface area contributed by atoms with Crippen LogP contribution in [0.4, 0.5) is 0 Å². The van der Waals surface area contributed by atoms with E-state index < -0.39 is 0 Å². The fraction of sp³-hybridized carbons (Fsp3) is 0.300. The van der Waals surface area contributed by atoms with Crippen LogP contribution in [-0.2, 0) is 0 Å². The molecule has 0 amide bonds. The summed E-state index contributed by atoms with van der Waals surface area (Å²) in [6.45, 7) is 1.97. The van der Waals surface area contributed by atoms with Gasteiger partial charge < -0.3 is 5.11 Å². The lowest BCUT2D eigenvalue weighted by Gasteiger charge is -2.09. The number of hydrogen-bond donors (Lipinski definition) is 1. The number of carbonyl (C=O) groups excluding carboxylic acids is 1. The molecule has 1 atom stereocenters. The molecule has 2 nitrogen and oxygen atoms in total. The Kier molecular flexibility index (Phi) is 4.45. The van der Waals surface area contributed by atoms with Crippen molar-refractivity contribution in [3.05, 3.63) is 28.8 Å². The van der Waals surface area contributed by atoms with E-state index in [1.165, 1.54) is 11.8 Å². The fourth-order valence-corrected chi connectivity index (χ4v) is 2.15. The van der Waals surface area contributed by atoms with Gasteiger partial charge in [-0.05, 0) is 18.2 Å². The van der Waals surface area contributed by atoms with Crippen LogP contribution in [0.1, 0.15) is 17.3 Å². The highest BCUT2D eigenvalue weighted by Gasteiger charge is 2.07. The molecule has 76 valence electrons. The molecule has 0 heterocycles. The van der Waals surface area contributed by atoms with E-state index in [1.54, 1.807) is 18.2 Å².